The lowest BCUT2D eigenvalue weighted by Gasteiger charge is -2.26. The number of benzene rings is 10. The van der Waals surface area contributed by atoms with Gasteiger partial charge in [-0.05, 0) is 127 Å². The van der Waals surface area contributed by atoms with Crippen molar-refractivity contribution in [2.24, 2.45) is 0 Å². The van der Waals surface area contributed by atoms with Crippen molar-refractivity contribution >= 4 is 38.9 Å². The van der Waals surface area contributed by atoms with Gasteiger partial charge in [-0.1, -0.05) is 182 Å². The first-order valence-electron chi connectivity index (χ1n) is 21.0. The molecule has 10 aromatic carbocycles. The third kappa shape index (κ3) is 7.02. The summed E-state index contributed by atoms with van der Waals surface area (Å²) in [5.74, 6) is 0.627. The summed E-state index contributed by atoms with van der Waals surface area (Å²) in [5, 5.41) is 2.53. The fourth-order valence-corrected chi connectivity index (χ4v) is 8.66. The minimum absolute atomic E-state index is 0.627. The van der Waals surface area contributed by atoms with E-state index in [1.165, 1.54) is 55.3 Å². The van der Waals surface area contributed by atoms with Crippen LogP contribution in [0.25, 0.3) is 89.0 Å². The van der Waals surface area contributed by atoms with Crippen LogP contribution < -0.4 is 4.90 Å². The smallest absolute Gasteiger partial charge is 0.227 e. The van der Waals surface area contributed by atoms with E-state index in [4.69, 9.17) is 9.40 Å². The number of hydrogen-bond acceptors (Lipinski definition) is 3. The van der Waals surface area contributed by atoms with E-state index in [0.717, 1.165) is 44.9 Å². The topological polar surface area (TPSA) is 29.3 Å². The molecule has 0 aliphatic rings. The lowest BCUT2D eigenvalue weighted by molar-refractivity contribution is 0.620. The van der Waals surface area contributed by atoms with E-state index >= 15 is 0 Å². The van der Waals surface area contributed by atoms with Gasteiger partial charge in [0.25, 0.3) is 0 Å². The largest absolute Gasteiger partial charge is 0.436 e. The van der Waals surface area contributed by atoms with Gasteiger partial charge in [0, 0.05) is 22.6 Å². The Morgan fingerprint density at radius 3 is 1.34 bits per heavy atom. The molecule has 0 N–H and O–H groups in total. The van der Waals surface area contributed by atoms with Gasteiger partial charge in [0.1, 0.15) is 5.52 Å². The Morgan fingerprint density at radius 1 is 0.290 bits per heavy atom. The second-order valence-corrected chi connectivity index (χ2v) is 15.5. The summed E-state index contributed by atoms with van der Waals surface area (Å²) in [5.41, 5.74) is 17.7. The maximum Gasteiger partial charge on any atom is 0.227 e. The van der Waals surface area contributed by atoms with Crippen LogP contribution in [-0.4, -0.2) is 4.98 Å². The van der Waals surface area contributed by atoms with Crippen molar-refractivity contribution in [3.05, 3.63) is 243 Å². The van der Waals surface area contributed by atoms with Crippen LogP contribution >= 0.6 is 0 Å². The highest BCUT2D eigenvalue weighted by molar-refractivity contribution is 5.97. The number of para-hydroxylation sites is 3. The van der Waals surface area contributed by atoms with Crippen molar-refractivity contribution in [1.82, 2.24) is 4.98 Å². The number of oxazole rings is 1. The fourth-order valence-electron chi connectivity index (χ4n) is 8.66. The Balaban J connectivity index is 0.881. The van der Waals surface area contributed by atoms with Gasteiger partial charge < -0.3 is 9.32 Å². The summed E-state index contributed by atoms with van der Waals surface area (Å²) in [6.45, 7) is 0. The van der Waals surface area contributed by atoms with Crippen LogP contribution in [0.15, 0.2) is 247 Å². The molecule has 0 fully saturated rings. The van der Waals surface area contributed by atoms with Crippen molar-refractivity contribution in [1.29, 1.82) is 0 Å². The third-order valence-corrected chi connectivity index (χ3v) is 11.8. The SMILES string of the molecule is c1ccc(N(c2ccc(-c3ccc(-c4cccc5ccccc45)cc3)cc2)c2ccc(-c3ccccc3-c3ccccc3-c3ccc(-c4nc5ccccc5o4)cc3)cc2)cc1. The molecule has 11 aromatic rings. The van der Waals surface area contributed by atoms with Gasteiger partial charge in [-0.2, -0.15) is 0 Å². The summed E-state index contributed by atoms with van der Waals surface area (Å²) < 4.78 is 6.06. The van der Waals surface area contributed by atoms with E-state index in [2.05, 4.69) is 223 Å². The van der Waals surface area contributed by atoms with Gasteiger partial charge >= 0.3 is 0 Å². The summed E-state index contributed by atoms with van der Waals surface area (Å²) in [4.78, 5) is 7.03. The van der Waals surface area contributed by atoms with E-state index in [9.17, 15) is 0 Å². The number of hydrogen-bond donors (Lipinski definition) is 0. The molecular weight excluding hydrogens is 753 g/mol. The Bertz CT molecular complexity index is 3270. The molecular formula is C59H40N2O. The summed E-state index contributed by atoms with van der Waals surface area (Å²) in [7, 11) is 0. The molecule has 3 nitrogen and oxygen atoms in total. The summed E-state index contributed by atoms with van der Waals surface area (Å²) >= 11 is 0. The van der Waals surface area contributed by atoms with Gasteiger partial charge in [-0.15, -0.1) is 0 Å². The molecule has 11 rings (SSSR count). The van der Waals surface area contributed by atoms with Gasteiger partial charge in [0.2, 0.25) is 5.89 Å². The monoisotopic (exact) mass is 792 g/mol. The maximum absolute atomic E-state index is 6.06. The van der Waals surface area contributed by atoms with Crippen LogP contribution in [0.1, 0.15) is 0 Å². The molecule has 0 unspecified atom stereocenters. The van der Waals surface area contributed by atoms with Crippen LogP contribution in [0.3, 0.4) is 0 Å². The minimum atomic E-state index is 0.627. The average molecular weight is 793 g/mol. The molecule has 0 aliphatic carbocycles. The quantitative estimate of drug-likeness (QED) is 0.146. The number of rotatable bonds is 9. The number of fused-ring (bicyclic) bond motifs is 2. The van der Waals surface area contributed by atoms with Crippen LogP contribution in [0.4, 0.5) is 17.1 Å². The summed E-state index contributed by atoms with van der Waals surface area (Å²) in [6, 6.07) is 86.2. The molecule has 0 aliphatic heterocycles. The molecule has 1 heterocycles. The zero-order chi connectivity index (χ0) is 41.2. The standard InChI is InChI=1S/C59H40N2O/c1-2-15-48(16-3-1)61(49-37-33-42(34-38-49)41-25-27-44(28-26-41)52-22-12-14-43-13-4-5-17-51(43)52)50-39-35-46(36-40-50)54-19-7-9-21-56(54)55-20-8-6-18-53(55)45-29-31-47(32-30-45)59-60-57-23-10-11-24-58(57)62-59/h1-40H. The van der Waals surface area contributed by atoms with E-state index in [0.29, 0.717) is 5.89 Å². The van der Waals surface area contributed by atoms with Gasteiger partial charge in [-0.3, -0.25) is 0 Å². The lowest BCUT2D eigenvalue weighted by atomic mass is 9.89. The van der Waals surface area contributed by atoms with E-state index in [1.807, 2.05) is 24.3 Å². The van der Waals surface area contributed by atoms with Crippen molar-refractivity contribution < 1.29 is 4.42 Å². The molecule has 0 radical (unpaired) electrons. The third-order valence-electron chi connectivity index (χ3n) is 11.8. The maximum atomic E-state index is 6.06. The second kappa shape index (κ2) is 16.1. The zero-order valence-corrected chi connectivity index (χ0v) is 33.9. The van der Waals surface area contributed by atoms with Gasteiger partial charge in [0.15, 0.2) is 5.58 Å². The first kappa shape index (κ1) is 36.8. The van der Waals surface area contributed by atoms with Crippen LogP contribution in [0, 0.1) is 0 Å². The fraction of sp³-hybridized carbons (Fsp3) is 0. The Kier molecular flexibility index (Phi) is 9.53. The number of aromatic nitrogens is 1. The summed E-state index contributed by atoms with van der Waals surface area (Å²) in [6.07, 6.45) is 0. The molecule has 0 saturated heterocycles. The van der Waals surface area contributed by atoms with Gasteiger partial charge in [-0.25, -0.2) is 4.98 Å². The highest BCUT2D eigenvalue weighted by Crippen LogP contribution is 2.41. The minimum Gasteiger partial charge on any atom is -0.436 e. The number of nitrogens with zero attached hydrogens (tertiary/aromatic N) is 2. The molecule has 0 bridgehead atoms. The molecule has 0 spiro atoms. The van der Waals surface area contributed by atoms with Crippen LogP contribution in [0.5, 0.6) is 0 Å². The van der Waals surface area contributed by atoms with Crippen LogP contribution in [-0.2, 0) is 0 Å². The Morgan fingerprint density at radius 2 is 0.710 bits per heavy atom. The molecule has 1 aromatic heterocycles. The first-order chi connectivity index (χ1) is 30.7. The average Bonchev–Trinajstić information content (AvgIpc) is 3.80. The Hall–Kier alpha value is -8.27. The number of anilines is 3. The zero-order valence-electron chi connectivity index (χ0n) is 33.9. The second-order valence-electron chi connectivity index (χ2n) is 15.5. The predicted octanol–water partition coefficient (Wildman–Crippen LogP) is 16.5. The normalized spacial score (nSPS) is 11.2. The highest BCUT2D eigenvalue weighted by atomic mass is 16.3. The van der Waals surface area contributed by atoms with Crippen molar-refractivity contribution in [2.75, 3.05) is 4.90 Å². The van der Waals surface area contributed by atoms with Crippen LogP contribution in [0.2, 0.25) is 0 Å². The van der Waals surface area contributed by atoms with E-state index in [1.54, 1.807) is 0 Å². The van der Waals surface area contributed by atoms with E-state index < -0.39 is 0 Å². The highest BCUT2D eigenvalue weighted by Gasteiger charge is 2.16. The molecule has 0 amide bonds. The lowest BCUT2D eigenvalue weighted by Crippen LogP contribution is -2.09. The molecule has 0 saturated carbocycles. The Labute approximate surface area is 361 Å². The van der Waals surface area contributed by atoms with E-state index in [-0.39, 0.29) is 0 Å². The molecule has 3 heteroatoms. The van der Waals surface area contributed by atoms with Crippen molar-refractivity contribution in [3.8, 4) is 67.1 Å². The first-order valence-corrected chi connectivity index (χ1v) is 21.0. The molecule has 292 valence electrons. The molecule has 62 heavy (non-hydrogen) atoms. The van der Waals surface area contributed by atoms with Crippen molar-refractivity contribution in [3.63, 3.8) is 0 Å². The molecule has 0 atom stereocenters. The van der Waals surface area contributed by atoms with Gasteiger partial charge in [0.05, 0.1) is 0 Å². The van der Waals surface area contributed by atoms with Crippen molar-refractivity contribution in [2.45, 2.75) is 0 Å². The predicted molar refractivity (Wildman–Crippen MR) is 259 cm³/mol.